The van der Waals surface area contributed by atoms with Gasteiger partial charge in [0.15, 0.2) is 0 Å². The van der Waals surface area contributed by atoms with Gasteiger partial charge in [-0.15, -0.1) is 0 Å². The molecule has 0 fully saturated rings. The maximum atomic E-state index is 12.4. The summed E-state index contributed by atoms with van der Waals surface area (Å²) in [4.78, 5) is 0. The Morgan fingerprint density at radius 2 is 1.81 bits per heavy atom. The average Bonchev–Trinajstić information content (AvgIpc) is 2.36. The lowest BCUT2D eigenvalue weighted by molar-refractivity contribution is -0.0546. The van der Waals surface area contributed by atoms with E-state index < -0.39 is 13.2 Å². The van der Waals surface area contributed by atoms with Crippen molar-refractivity contribution in [3.8, 4) is 11.5 Å². The van der Waals surface area contributed by atoms with Crippen LogP contribution in [0.1, 0.15) is 12.5 Å². The van der Waals surface area contributed by atoms with Gasteiger partial charge in [0.1, 0.15) is 11.5 Å². The van der Waals surface area contributed by atoms with E-state index in [4.69, 9.17) is 0 Å². The van der Waals surface area contributed by atoms with Gasteiger partial charge in [0, 0.05) is 30.0 Å². The fourth-order valence-electron chi connectivity index (χ4n) is 1.66. The largest absolute Gasteiger partial charge is 0.435 e. The quantitative estimate of drug-likeness (QED) is 0.700. The third kappa shape index (κ3) is 6.90. The second-order valence-electron chi connectivity index (χ2n) is 4.26. The molecular weight excluding hydrogens is 310 g/mol. The molecule has 1 N–H and O–H groups in total. The average molecular weight is 327 g/mol. The van der Waals surface area contributed by atoms with Crippen LogP contribution in [-0.4, -0.2) is 31.3 Å². The van der Waals surface area contributed by atoms with Gasteiger partial charge in [0.25, 0.3) is 0 Å². The van der Waals surface area contributed by atoms with Crippen LogP contribution in [0.25, 0.3) is 0 Å². The Morgan fingerprint density at radius 1 is 1.14 bits per heavy atom. The van der Waals surface area contributed by atoms with Gasteiger partial charge in [-0.05, 0) is 19.2 Å². The first-order valence-corrected chi connectivity index (χ1v) is 7.56. The van der Waals surface area contributed by atoms with Crippen molar-refractivity contribution in [2.24, 2.45) is 0 Å². The molecule has 0 bridgehead atoms. The second kappa shape index (κ2) is 8.99. The van der Waals surface area contributed by atoms with E-state index in [1.807, 2.05) is 13.2 Å². The van der Waals surface area contributed by atoms with Gasteiger partial charge < -0.3 is 14.8 Å². The van der Waals surface area contributed by atoms with Crippen LogP contribution in [0, 0.1) is 0 Å². The molecule has 0 radical (unpaired) electrons. The Kier molecular flexibility index (Phi) is 7.66. The number of thioether (sulfide) groups is 1. The molecule has 1 rings (SSSR count). The van der Waals surface area contributed by atoms with Crippen molar-refractivity contribution >= 4 is 11.8 Å². The van der Waals surface area contributed by atoms with Crippen LogP contribution in [0.5, 0.6) is 11.5 Å². The number of ether oxygens (including phenoxy) is 2. The van der Waals surface area contributed by atoms with Gasteiger partial charge in [-0.3, -0.25) is 0 Å². The fourth-order valence-corrected chi connectivity index (χ4v) is 2.27. The number of halogens is 4. The number of hydrogen-bond donors (Lipinski definition) is 1. The summed E-state index contributed by atoms with van der Waals surface area (Å²) >= 11 is 1.65. The number of benzene rings is 1. The normalized spacial score (nSPS) is 12.8. The summed E-state index contributed by atoms with van der Waals surface area (Å²) in [5.74, 6) is 0.464. The highest BCUT2D eigenvalue weighted by Crippen LogP contribution is 2.27. The molecule has 1 unspecified atom stereocenters. The summed E-state index contributed by atoms with van der Waals surface area (Å²) in [5, 5.41) is 3.14. The minimum Gasteiger partial charge on any atom is -0.435 e. The van der Waals surface area contributed by atoms with E-state index in [0.29, 0.717) is 12.1 Å². The van der Waals surface area contributed by atoms with Crippen LogP contribution in [0.2, 0.25) is 0 Å². The molecule has 3 nitrogen and oxygen atoms in total. The van der Waals surface area contributed by atoms with Crippen molar-refractivity contribution < 1.29 is 27.0 Å². The first-order valence-electron chi connectivity index (χ1n) is 6.17. The van der Waals surface area contributed by atoms with E-state index in [-0.39, 0.29) is 17.5 Å². The molecule has 1 aromatic rings. The molecule has 21 heavy (non-hydrogen) atoms. The Balaban J connectivity index is 2.80. The lowest BCUT2D eigenvalue weighted by Crippen LogP contribution is -2.27. The van der Waals surface area contributed by atoms with Gasteiger partial charge in [-0.2, -0.15) is 29.3 Å². The predicted octanol–water partition coefficient (Wildman–Crippen LogP) is 3.73. The van der Waals surface area contributed by atoms with E-state index >= 15 is 0 Å². The van der Waals surface area contributed by atoms with Crippen molar-refractivity contribution in [1.29, 1.82) is 0 Å². The van der Waals surface area contributed by atoms with E-state index in [9.17, 15) is 17.6 Å². The summed E-state index contributed by atoms with van der Waals surface area (Å²) in [6, 6.07) is 3.93. The van der Waals surface area contributed by atoms with Crippen molar-refractivity contribution in [1.82, 2.24) is 5.32 Å². The molecule has 0 heterocycles. The molecule has 0 saturated carbocycles. The number of rotatable bonds is 9. The first kappa shape index (κ1) is 17.9. The standard InChI is InChI=1S/C13H17F4NO2S/c1-8(7-21-2)18-6-9-3-4-10(19-12(14)15)5-11(9)20-13(16)17/h3-5,8,12-13,18H,6-7H2,1-2H3. The van der Waals surface area contributed by atoms with E-state index in [2.05, 4.69) is 14.8 Å². The molecule has 0 aliphatic rings. The molecular formula is C13H17F4NO2S. The topological polar surface area (TPSA) is 30.5 Å². The Labute approximate surface area is 125 Å². The monoisotopic (exact) mass is 327 g/mol. The summed E-state index contributed by atoms with van der Waals surface area (Å²) < 4.78 is 57.5. The van der Waals surface area contributed by atoms with Crippen LogP contribution in [0.3, 0.4) is 0 Å². The zero-order valence-corrected chi connectivity index (χ0v) is 12.4. The number of hydrogen-bond acceptors (Lipinski definition) is 4. The number of alkyl halides is 4. The lowest BCUT2D eigenvalue weighted by Gasteiger charge is -2.16. The summed E-state index contributed by atoms with van der Waals surface area (Å²) in [6.07, 6.45) is 1.96. The van der Waals surface area contributed by atoms with Crippen molar-refractivity contribution in [2.45, 2.75) is 32.7 Å². The first-order chi connectivity index (χ1) is 9.92. The second-order valence-corrected chi connectivity index (χ2v) is 5.17. The van der Waals surface area contributed by atoms with E-state index in [0.717, 1.165) is 11.8 Å². The third-order valence-corrected chi connectivity index (χ3v) is 3.37. The maximum absolute atomic E-state index is 12.4. The lowest BCUT2D eigenvalue weighted by atomic mass is 10.2. The summed E-state index contributed by atoms with van der Waals surface area (Å²) in [6.45, 7) is -3.80. The Morgan fingerprint density at radius 3 is 2.38 bits per heavy atom. The minimum atomic E-state index is -3.03. The Bertz CT molecular complexity index is 435. The van der Waals surface area contributed by atoms with Gasteiger partial charge in [0.05, 0.1) is 0 Å². The highest BCUT2D eigenvalue weighted by molar-refractivity contribution is 7.98. The third-order valence-electron chi connectivity index (χ3n) is 2.54. The van der Waals surface area contributed by atoms with Crippen LogP contribution in [0.15, 0.2) is 18.2 Å². The summed E-state index contributed by atoms with van der Waals surface area (Å²) in [5.41, 5.74) is 0.449. The molecule has 0 aliphatic heterocycles. The molecule has 0 spiro atoms. The smallest absolute Gasteiger partial charge is 0.387 e. The van der Waals surface area contributed by atoms with Crippen LogP contribution < -0.4 is 14.8 Å². The molecule has 1 aromatic carbocycles. The molecule has 120 valence electrons. The number of nitrogens with one attached hydrogen (secondary N) is 1. The van der Waals surface area contributed by atoms with Crippen molar-refractivity contribution in [3.05, 3.63) is 23.8 Å². The van der Waals surface area contributed by atoms with Crippen LogP contribution >= 0.6 is 11.8 Å². The van der Waals surface area contributed by atoms with Gasteiger partial charge >= 0.3 is 13.2 Å². The van der Waals surface area contributed by atoms with Gasteiger partial charge in [-0.25, -0.2) is 0 Å². The molecule has 8 heteroatoms. The zero-order chi connectivity index (χ0) is 15.8. The maximum Gasteiger partial charge on any atom is 0.387 e. The van der Waals surface area contributed by atoms with Crippen LogP contribution in [-0.2, 0) is 6.54 Å². The van der Waals surface area contributed by atoms with Crippen molar-refractivity contribution in [2.75, 3.05) is 12.0 Å². The van der Waals surface area contributed by atoms with Gasteiger partial charge in [-0.1, -0.05) is 6.07 Å². The Hall–Kier alpha value is -1.15. The molecule has 1 atom stereocenters. The highest BCUT2D eigenvalue weighted by Gasteiger charge is 2.14. The SMILES string of the molecule is CSCC(C)NCc1ccc(OC(F)F)cc1OC(F)F. The molecule has 0 amide bonds. The molecule has 0 saturated heterocycles. The zero-order valence-electron chi connectivity index (χ0n) is 11.6. The fraction of sp³-hybridized carbons (Fsp3) is 0.538. The van der Waals surface area contributed by atoms with E-state index in [1.165, 1.54) is 12.1 Å². The highest BCUT2D eigenvalue weighted by atomic mass is 32.2. The van der Waals surface area contributed by atoms with E-state index in [1.54, 1.807) is 11.8 Å². The van der Waals surface area contributed by atoms with Gasteiger partial charge in [0.2, 0.25) is 0 Å². The van der Waals surface area contributed by atoms with Crippen LogP contribution in [0.4, 0.5) is 17.6 Å². The predicted molar refractivity (Wildman–Crippen MR) is 74.4 cm³/mol. The molecule has 0 aliphatic carbocycles. The molecule has 0 aromatic heterocycles. The van der Waals surface area contributed by atoms with Crippen molar-refractivity contribution in [3.63, 3.8) is 0 Å². The summed E-state index contributed by atoms with van der Waals surface area (Å²) in [7, 11) is 0. The minimum absolute atomic E-state index is 0.174.